The van der Waals surface area contributed by atoms with Gasteiger partial charge in [-0.1, -0.05) is 72.8 Å². The predicted octanol–water partition coefficient (Wildman–Crippen LogP) is 4.18. The molecule has 0 saturated heterocycles. The third-order valence-electron chi connectivity index (χ3n) is 5.74. The first-order valence-electron chi connectivity index (χ1n) is 11.6. The standard InChI is InChI=1S/C27H28N3O5P/c28-24(16-17-25(29)31)26(32)30-19-18-23(20-10-4-1-5-11-20)27(30)36(33,34-21-12-6-2-7-13-21)35-22-14-8-3-9-15-22/h1-15,18,24,27H,16-17,19,28H2,(H2,29,31)/t24-,27?/m0/s1. The lowest BCUT2D eigenvalue weighted by molar-refractivity contribution is -0.132. The Balaban J connectivity index is 1.77. The molecule has 186 valence electrons. The van der Waals surface area contributed by atoms with Gasteiger partial charge in [0.05, 0.1) is 6.04 Å². The molecule has 9 heteroatoms. The second-order valence-corrected chi connectivity index (χ2v) is 10.3. The van der Waals surface area contributed by atoms with E-state index in [0.717, 1.165) is 5.56 Å². The number of benzene rings is 3. The van der Waals surface area contributed by atoms with E-state index in [0.29, 0.717) is 17.1 Å². The Hall–Kier alpha value is -3.87. The molecule has 2 amide bonds. The summed E-state index contributed by atoms with van der Waals surface area (Å²) in [6.07, 6.45) is 1.86. The number of hydrogen-bond acceptors (Lipinski definition) is 6. The molecule has 3 aromatic rings. The van der Waals surface area contributed by atoms with Crippen molar-refractivity contribution in [2.45, 2.75) is 24.7 Å². The largest absolute Gasteiger partial charge is 0.457 e. The fraction of sp³-hybridized carbons (Fsp3) is 0.185. The van der Waals surface area contributed by atoms with Gasteiger partial charge in [-0.25, -0.2) is 4.57 Å². The molecule has 8 nitrogen and oxygen atoms in total. The first-order valence-corrected chi connectivity index (χ1v) is 13.2. The Labute approximate surface area is 210 Å². The number of hydrogen-bond donors (Lipinski definition) is 2. The molecule has 1 heterocycles. The van der Waals surface area contributed by atoms with E-state index in [1.54, 1.807) is 48.5 Å². The Morgan fingerprint density at radius 2 is 1.39 bits per heavy atom. The lowest BCUT2D eigenvalue weighted by Gasteiger charge is -2.34. The van der Waals surface area contributed by atoms with Gasteiger partial charge < -0.3 is 25.4 Å². The highest BCUT2D eigenvalue weighted by Crippen LogP contribution is 2.59. The van der Waals surface area contributed by atoms with E-state index in [2.05, 4.69) is 0 Å². The number of carbonyl (C=O) groups excluding carboxylic acids is 2. The van der Waals surface area contributed by atoms with Crippen molar-refractivity contribution in [3.05, 3.63) is 103 Å². The molecule has 36 heavy (non-hydrogen) atoms. The molecule has 0 spiro atoms. The van der Waals surface area contributed by atoms with Crippen LogP contribution in [0.2, 0.25) is 0 Å². The van der Waals surface area contributed by atoms with Crippen LogP contribution in [0, 0.1) is 0 Å². The zero-order valence-corrected chi connectivity index (χ0v) is 20.5. The summed E-state index contributed by atoms with van der Waals surface area (Å²) >= 11 is 0. The Morgan fingerprint density at radius 3 is 1.89 bits per heavy atom. The van der Waals surface area contributed by atoms with Crippen LogP contribution in [-0.4, -0.2) is 35.1 Å². The van der Waals surface area contributed by atoms with Gasteiger partial charge in [0, 0.05) is 13.0 Å². The van der Waals surface area contributed by atoms with Crippen molar-refractivity contribution in [1.29, 1.82) is 0 Å². The van der Waals surface area contributed by atoms with E-state index in [4.69, 9.17) is 20.5 Å². The van der Waals surface area contributed by atoms with Crippen LogP contribution in [0.1, 0.15) is 18.4 Å². The molecule has 0 radical (unpaired) electrons. The van der Waals surface area contributed by atoms with Crippen LogP contribution < -0.4 is 20.5 Å². The van der Waals surface area contributed by atoms with E-state index < -0.39 is 31.2 Å². The number of amides is 2. The summed E-state index contributed by atoms with van der Waals surface area (Å²) in [5.74, 6) is -1.43. The van der Waals surface area contributed by atoms with E-state index in [1.807, 2.05) is 48.5 Å². The summed E-state index contributed by atoms with van der Waals surface area (Å²) in [6.45, 7) is 0.151. The number of primary amides is 1. The number of nitrogens with zero attached hydrogens (tertiary/aromatic N) is 1. The monoisotopic (exact) mass is 505 g/mol. The summed E-state index contributed by atoms with van der Waals surface area (Å²) in [5, 5.41) is 0. The highest BCUT2D eigenvalue weighted by molar-refractivity contribution is 7.56. The van der Waals surface area contributed by atoms with Crippen molar-refractivity contribution < 1.29 is 23.2 Å². The normalized spacial score (nSPS) is 16.2. The number of nitrogens with two attached hydrogens (primary N) is 2. The van der Waals surface area contributed by atoms with Gasteiger partial charge in [0.25, 0.3) is 0 Å². The lowest BCUT2D eigenvalue weighted by atomic mass is 10.1. The summed E-state index contributed by atoms with van der Waals surface area (Å²) in [7, 11) is -4.13. The average molecular weight is 506 g/mol. The van der Waals surface area contributed by atoms with Crippen LogP contribution in [0.4, 0.5) is 0 Å². The van der Waals surface area contributed by atoms with E-state index in [-0.39, 0.29) is 19.4 Å². The number of para-hydroxylation sites is 2. The van der Waals surface area contributed by atoms with E-state index >= 15 is 0 Å². The van der Waals surface area contributed by atoms with Crippen molar-refractivity contribution in [3.63, 3.8) is 0 Å². The second-order valence-electron chi connectivity index (χ2n) is 8.35. The zero-order valence-electron chi connectivity index (χ0n) is 19.6. The average Bonchev–Trinajstić information content (AvgIpc) is 3.35. The van der Waals surface area contributed by atoms with Crippen LogP contribution in [0.5, 0.6) is 11.5 Å². The summed E-state index contributed by atoms with van der Waals surface area (Å²) in [4.78, 5) is 26.1. The highest BCUT2D eigenvalue weighted by atomic mass is 31.2. The van der Waals surface area contributed by atoms with Crippen molar-refractivity contribution in [1.82, 2.24) is 4.90 Å². The molecule has 1 aliphatic rings. The SMILES string of the molecule is NC(=O)CC[C@H](N)C(=O)N1CC=C(c2ccccc2)C1P(=O)(Oc1ccccc1)Oc1ccccc1. The number of carbonyl (C=O) groups is 2. The van der Waals surface area contributed by atoms with E-state index in [9.17, 15) is 14.2 Å². The minimum Gasteiger partial charge on any atom is -0.414 e. The molecule has 0 aromatic heterocycles. The molecule has 0 aliphatic carbocycles. The van der Waals surface area contributed by atoms with Gasteiger partial charge >= 0.3 is 7.60 Å². The topological polar surface area (TPSA) is 125 Å². The molecule has 2 atom stereocenters. The first kappa shape index (κ1) is 25.2. The fourth-order valence-electron chi connectivity index (χ4n) is 4.03. The molecule has 4 rings (SSSR count). The minimum atomic E-state index is -4.13. The molecule has 0 bridgehead atoms. The molecule has 0 saturated carbocycles. The molecule has 0 fully saturated rings. The van der Waals surface area contributed by atoms with Gasteiger partial charge in [-0.2, -0.15) is 0 Å². The van der Waals surface area contributed by atoms with Gasteiger partial charge in [0.2, 0.25) is 11.8 Å². The van der Waals surface area contributed by atoms with Gasteiger partial charge in [-0.3, -0.25) is 9.59 Å². The second kappa shape index (κ2) is 11.2. The summed E-state index contributed by atoms with van der Waals surface area (Å²) in [6, 6.07) is 25.7. The van der Waals surface area contributed by atoms with Gasteiger partial charge in [0.15, 0.2) is 5.78 Å². The molecule has 1 unspecified atom stereocenters. The maximum atomic E-state index is 14.7. The maximum Gasteiger partial charge on any atom is 0.457 e. The third-order valence-corrected chi connectivity index (χ3v) is 7.83. The number of rotatable bonds is 10. The fourth-order valence-corrected chi connectivity index (χ4v) is 6.24. The van der Waals surface area contributed by atoms with Crippen LogP contribution >= 0.6 is 7.60 Å². The molecule has 3 aromatic carbocycles. The van der Waals surface area contributed by atoms with Crippen molar-refractivity contribution in [2.24, 2.45) is 11.5 Å². The molecular weight excluding hydrogens is 477 g/mol. The van der Waals surface area contributed by atoms with Crippen LogP contribution in [0.3, 0.4) is 0 Å². The summed E-state index contributed by atoms with van der Waals surface area (Å²) < 4.78 is 26.9. The van der Waals surface area contributed by atoms with Crippen LogP contribution in [0.25, 0.3) is 5.57 Å². The highest BCUT2D eigenvalue weighted by Gasteiger charge is 2.50. The molecule has 4 N–H and O–H groups in total. The first-order chi connectivity index (χ1) is 17.4. The van der Waals surface area contributed by atoms with E-state index in [1.165, 1.54) is 4.90 Å². The molecule has 1 aliphatic heterocycles. The maximum absolute atomic E-state index is 14.7. The quantitative estimate of drug-likeness (QED) is 0.398. The smallest absolute Gasteiger partial charge is 0.414 e. The lowest BCUT2D eigenvalue weighted by Crippen LogP contribution is -2.47. The van der Waals surface area contributed by atoms with Crippen molar-refractivity contribution in [2.75, 3.05) is 6.54 Å². The van der Waals surface area contributed by atoms with Crippen molar-refractivity contribution >= 4 is 25.0 Å². The predicted molar refractivity (Wildman–Crippen MR) is 138 cm³/mol. The van der Waals surface area contributed by atoms with Crippen LogP contribution in [-0.2, 0) is 14.2 Å². The Morgan fingerprint density at radius 1 is 0.889 bits per heavy atom. The molecular formula is C27H28N3O5P. The Bertz CT molecular complexity index is 1220. The minimum absolute atomic E-state index is 0.0386. The van der Waals surface area contributed by atoms with Gasteiger partial charge in [-0.15, -0.1) is 0 Å². The third kappa shape index (κ3) is 5.85. The van der Waals surface area contributed by atoms with Gasteiger partial charge in [-0.05, 0) is 41.8 Å². The summed E-state index contributed by atoms with van der Waals surface area (Å²) in [5.41, 5.74) is 12.8. The Kier molecular flexibility index (Phi) is 7.88. The van der Waals surface area contributed by atoms with Crippen molar-refractivity contribution in [3.8, 4) is 11.5 Å². The van der Waals surface area contributed by atoms with Crippen LogP contribution in [0.15, 0.2) is 97.1 Å². The van der Waals surface area contributed by atoms with Gasteiger partial charge in [0.1, 0.15) is 11.5 Å². The zero-order chi connectivity index (χ0) is 25.5.